The van der Waals surface area contributed by atoms with Gasteiger partial charge < -0.3 is 9.84 Å². The van der Waals surface area contributed by atoms with E-state index in [1.165, 1.54) is 0 Å². The SMILES string of the molecule is Cn1cc(C2(C)CN(CC(C)(C)O)CCO2)cn1. The molecule has 0 saturated carbocycles. The Kier molecular flexibility index (Phi) is 3.49. The molecule has 1 aliphatic heterocycles. The number of morpholine rings is 1. The van der Waals surface area contributed by atoms with Gasteiger partial charge in [0.05, 0.1) is 18.4 Å². The molecule has 1 fully saturated rings. The largest absolute Gasteiger partial charge is 0.389 e. The van der Waals surface area contributed by atoms with Crippen molar-refractivity contribution in [2.24, 2.45) is 7.05 Å². The molecule has 2 rings (SSSR count). The molecule has 1 aromatic heterocycles. The van der Waals surface area contributed by atoms with E-state index in [9.17, 15) is 5.11 Å². The summed E-state index contributed by atoms with van der Waals surface area (Å²) < 4.78 is 7.72. The van der Waals surface area contributed by atoms with Crippen LogP contribution in [-0.4, -0.2) is 51.6 Å². The van der Waals surface area contributed by atoms with Crippen molar-refractivity contribution in [3.05, 3.63) is 18.0 Å². The van der Waals surface area contributed by atoms with E-state index in [0.717, 1.165) is 18.7 Å². The maximum absolute atomic E-state index is 9.92. The van der Waals surface area contributed by atoms with Crippen molar-refractivity contribution in [1.82, 2.24) is 14.7 Å². The van der Waals surface area contributed by atoms with Crippen molar-refractivity contribution in [3.63, 3.8) is 0 Å². The molecule has 1 saturated heterocycles. The lowest BCUT2D eigenvalue weighted by molar-refractivity contribution is -0.116. The Morgan fingerprint density at radius 1 is 1.56 bits per heavy atom. The zero-order valence-electron chi connectivity index (χ0n) is 11.7. The summed E-state index contributed by atoms with van der Waals surface area (Å²) in [5.41, 5.74) is 0.0794. The number of nitrogens with zero attached hydrogens (tertiary/aromatic N) is 3. The minimum atomic E-state index is -0.673. The van der Waals surface area contributed by atoms with E-state index < -0.39 is 5.60 Å². The molecule has 5 heteroatoms. The first-order valence-electron chi connectivity index (χ1n) is 6.36. The predicted octanol–water partition coefficient (Wildman–Crippen LogP) is 0.738. The first-order chi connectivity index (χ1) is 8.28. The fourth-order valence-corrected chi connectivity index (χ4v) is 2.50. The van der Waals surface area contributed by atoms with Crippen LogP contribution in [0.15, 0.2) is 12.4 Å². The number of aliphatic hydroxyl groups is 1. The summed E-state index contributed by atoms with van der Waals surface area (Å²) in [7, 11) is 1.91. The lowest BCUT2D eigenvalue weighted by atomic mass is 9.96. The highest BCUT2D eigenvalue weighted by atomic mass is 16.5. The standard InChI is InChI=1S/C13H23N3O2/c1-12(2,17)9-16-5-6-18-13(3,10-16)11-7-14-15(4)8-11/h7-8,17H,5-6,9-10H2,1-4H3. The van der Waals surface area contributed by atoms with Crippen molar-refractivity contribution < 1.29 is 9.84 Å². The quantitative estimate of drug-likeness (QED) is 0.863. The molecular weight excluding hydrogens is 230 g/mol. The molecule has 0 spiro atoms. The van der Waals surface area contributed by atoms with Crippen LogP contribution in [0.4, 0.5) is 0 Å². The summed E-state index contributed by atoms with van der Waals surface area (Å²) >= 11 is 0. The Balaban J connectivity index is 2.10. The van der Waals surface area contributed by atoms with Gasteiger partial charge in [-0.15, -0.1) is 0 Å². The smallest absolute Gasteiger partial charge is 0.106 e. The Morgan fingerprint density at radius 3 is 2.83 bits per heavy atom. The molecule has 0 amide bonds. The van der Waals surface area contributed by atoms with Gasteiger partial charge in [0.15, 0.2) is 0 Å². The highest BCUT2D eigenvalue weighted by Crippen LogP contribution is 2.29. The molecule has 5 nitrogen and oxygen atoms in total. The molecule has 2 heterocycles. The number of aromatic nitrogens is 2. The van der Waals surface area contributed by atoms with E-state index in [1.54, 1.807) is 4.68 Å². The number of hydrogen-bond donors (Lipinski definition) is 1. The zero-order chi connectivity index (χ0) is 13.4. The van der Waals surface area contributed by atoms with Gasteiger partial charge in [0, 0.05) is 38.4 Å². The van der Waals surface area contributed by atoms with Crippen molar-refractivity contribution in [2.75, 3.05) is 26.2 Å². The second-order valence-corrected chi connectivity index (χ2v) is 6.01. The maximum atomic E-state index is 9.92. The van der Waals surface area contributed by atoms with Gasteiger partial charge in [0.1, 0.15) is 5.60 Å². The van der Waals surface area contributed by atoms with E-state index >= 15 is 0 Å². The van der Waals surface area contributed by atoms with Gasteiger partial charge in [-0.05, 0) is 20.8 Å². The number of ether oxygens (including phenoxy) is 1. The van der Waals surface area contributed by atoms with Crippen LogP contribution in [0.25, 0.3) is 0 Å². The van der Waals surface area contributed by atoms with Crippen molar-refractivity contribution in [3.8, 4) is 0 Å². The number of rotatable bonds is 3. The van der Waals surface area contributed by atoms with Gasteiger partial charge in [-0.1, -0.05) is 0 Å². The van der Waals surface area contributed by atoms with Gasteiger partial charge >= 0.3 is 0 Å². The lowest BCUT2D eigenvalue weighted by Gasteiger charge is -2.41. The molecule has 0 aromatic carbocycles. The van der Waals surface area contributed by atoms with E-state index in [-0.39, 0.29) is 5.60 Å². The van der Waals surface area contributed by atoms with Crippen LogP contribution in [0.3, 0.4) is 0 Å². The van der Waals surface area contributed by atoms with E-state index in [0.29, 0.717) is 13.2 Å². The Bertz CT molecular complexity index is 411. The van der Waals surface area contributed by atoms with Crippen LogP contribution in [0, 0.1) is 0 Å². The Labute approximate surface area is 108 Å². The Hall–Kier alpha value is -0.910. The predicted molar refractivity (Wildman–Crippen MR) is 69.2 cm³/mol. The first kappa shape index (κ1) is 13.5. The Morgan fingerprint density at radius 2 is 2.28 bits per heavy atom. The first-order valence-corrected chi connectivity index (χ1v) is 6.36. The summed E-state index contributed by atoms with van der Waals surface area (Å²) in [5, 5.41) is 14.1. The molecule has 0 radical (unpaired) electrons. The third-order valence-electron chi connectivity index (χ3n) is 3.28. The molecule has 0 aliphatic carbocycles. The van der Waals surface area contributed by atoms with Gasteiger partial charge in [0.25, 0.3) is 0 Å². The summed E-state index contributed by atoms with van der Waals surface area (Å²) in [6.45, 7) is 8.74. The minimum absolute atomic E-state index is 0.336. The van der Waals surface area contributed by atoms with E-state index in [4.69, 9.17) is 4.74 Å². The average Bonchev–Trinajstić information content (AvgIpc) is 2.63. The average molecular weight is 253 g/mol. The fraction of sp³-hybridized carbons (Fsp3) is 0.769. The van der Waals surface area contributed by atoms with E-state index in [1.807, 2.05) is 33.3 Å². The van der Waals surface area contributed by atoms with Crippen molar-refractivity contribution in [1.29, 1.82) is 0 Å². The normalized spacial score (nSPS) is 26.5. The van der Waals surface area contributed by atoms with Crippen molar-refractivity contribution in [2.45, 2.75) is 32.0 Å². The topological polar surface area (TPSA) is 50.5 Å². The summed E-state index contributed by atoms with van der Waals surface area (Å²) in [6.07, 6.45) is 3.85. The molecule has 18 heavy (non-hydrogen) atoms. The highest BCUT2D eigenvalue weighted by Gasteiger charge is 2.36. The molecular formula is C13H23N3O2. The molecule has 1 N–H and O–H groups in total. The third-order valence-corrected chi connectivity index (χ3v) is 3.28. The minimum Gasteiger partial charge on any atom is -0.389 e. The molecule has 1 atom stereocenters. The van der Waals surface area contributed by atoms with E-state index in [2.05, 4.69) is 16.9 Å². The summed E-state index contributed by atoms with van der Waals surface area (Å²) in [6, 6.07) is 0. The monoisotopic (exact) mass is 253 g/mol. The molecule has 1 aliphatic rings. The van der Waals surface area contributed by atoms with Crippen LogP contribution < -0.4 is 0 Å². The van der Waals surface area contributed by atoms with Gasteiger partial charge in [-0.3, -0.25) is 9.58 Å². The van der Waals surface area contributed by atoms with Gasteiger partial charge in [0.2, 0.25) is 0 Å². The second kappa shape index (κ2) is 4.64. The molecule has 102 valence electrons. The molecule has 0 bridgehead atoms. The van der Waals surface area contributed by atoms with Crippen LogP contribution in [0.1, 0.15) is 26.3 Å². The molecule has 1 unspecified atom stereocenters. The highest BCUT2D eigenvalue weighted by molar-refractivity contribution is 5.16. The summed E-state index contributed by atoms with van der Waals surface area (Å²) in [5.74, 6) is 0. The van der Waals surface area contributed by atoms with Crippen LogP contribution in [-0.2, 0) is 17.4 Å². The maximum Gasteiger partial charge on any atom is 0.106 e. The lowest BCUT2D eigenvalue weighted by Crippen LogP contribution is -2.51. The van der Waals surface area contributed by atoms with Gasteiger partial charge in [-0.2, -0.15) is 5.10 Å². The number of hydrogen-bond acceptors (Lipinski definition) is 4. The third kappa shape index (κ3) is 3.10. The van der Waals surface area contributed by atoms with Crippen LogP contribution in [0.2, 0.25) is 0 Å². The van der Waals surface area contributed by atoms with Crippen LogP contribution in [0.5, 0.6) is 0 Å². The summed E-state index contributed by atoms with van der Waals surface area (Å²) in [4.78, 5) is 2.25. The van der Waals surface area contributed by atoms with Gasteiger partial charge in [-0.25, -0.2) is 0 Å². The number of aryl methyl sites for hydroxylation is 1. The fourth-order valence-electron chi connectivity index (χ4n) is 2.50. The van der Waals surface area contributed by atoms with Crippen molar-refractivity contribution >= 4 is 0 Å². The zero-order valence-corrected chi connectivity index (χ0v) is 11.7. The molecule has 1 aromatic rings. The number of β-amino-alcohol motifs (C(OH)–C–C–N with tert-alkyl or cyclic N) is 1. The second-order valence-electron chi connectivity index (χ2n) is 6.01. The van der Waals surface area contributed by atoms with Crippen LogP contribution >= 0.6 is 0 Å².